The van der Waals surface area contributed by atoms with E-state index >= 15 is 0 Å². The summed E-state index contributed by atoms with van der Waals surface area (Å²) >= 11 is 0. The number of phenols is 1. The van der Waals surface area contributed by atoms with Crippen LogP contribution in [0.15, 0.2) is 18.2 Å². The van der Waals surface area contributed by atoms with Gasteiger partial charge in [0.1, 0.15) is 17.1 Å². The summed E-state index contributed by atoms with van der Waals surface area (Å²) in [7, 11) is 0. The standard InChI is InChI=1S/C24H39NO4/c1-19(27)25-22-18-24(2,29-23-14-13-20(28)17-21(22)23)15-11-9-7-5-3-4-6-8-10-12-16-26/h13-14,17,22,26,28H,3-12,15-16,18H2,1-2H3,(H,25,27). The molecule has 0 saturated carbocycles. The van der Waals surface area contributed by atoms with Crippen molar-refractivity contribution in [2.24, 2.45) is 0 Å². The van der Waals surface area contributed by atoms with Crippen LogP contribution in [0.5, 0.6) is 11.5 Å². The summed E-state index contributed by atoms with van der Waals surface area (Å²) in [6.45, 7) is 3.98. The molecule has 1 aliphatic heterocycles. The van der Waals surface area contributed by atoms with E-state index in [4.69, 9.17) is 9.84 Å². The largest absolute Gasteiger partial charge is 0.508 e. The lowest BCUT2D eigenvalue weighted by atomic mass is 9.84. The molecule has 1 heterocycles. The van der Waals surface area contributed by atoms with E-state index in [9.17, 15) is 9.90 Å². The van der Waals surface area contributed by atoms with Gasteiger partial charge in [-0.1, -0.05) is 51.4 Å². The van der Waals surface area contributed by atoms with Crippen LogP contribution in [0.25, 0.3) is 0 Å². The van der Waals surface area contributed by atoms with Crippen LogP contribution >= 0.6 is 0 Å². The third kappa shape index (κ3) is 8.25. The van der Waals surface area contributed by atoms with Crippen LogP contribution in [0.3, 0.4) is 0 Å². The zero-order valence-corrected chi connectivity index (χ0v) is 18.2. The molecule has 2 unspecified atom stereocenters. The van der Waals surface area contributed by atoms with E-state index in [-0.39, 0.29) is 23.3 Å². The number of fused-ring (bicyclic) bond motifs is 1. The van der Waals surface area contributed by atoms with Gasteiger partial charge in [0.15, 0.2) is 0 Å². The lowest BCUT2D eigenvalue weighted by molar-refractivity contribution is -0.120. The molecule has 1 aromatic carbocycles. The topological polar surface area (TPSA) is 78.8 Å². The molecule has 1 aliphatic rings. The van der Waals surface area contributed by atoms with Crippen LogP contribution < -0.4 is 10.1 Å². The van der Waals surface area contributed by atoms with Gasteiger partial charge in [0.25, 0.3) is 0 Å². The highest BCUT2D eigenvalue weighted by Crippen LogP contribution is 2.43. The second-order valence-electron chi connectivity index (χ2n) is 8.74. The minimum atomic E-state index is -0.302. The smallest absolute Gasteiger partial charge is 0.217 e. The molecule has 0 fully saturated rings. The number of nitrogens with one attached hydrogen (secondary N) is 1. The molecule has 0 aromatic heterocycles. The zero-order chi connectivity index (χ0) is 21.1. The second-order valence-corrected chi connectivity index (χ2v) is 8.74. The number of aliphatic hydroxyl groups excluding tert-OH is 1. The maximum atomic E-state index is 11.7. The first-order valence-electron chi connectivity index (χ1n) is 11.3. The zero-order valence-electron chi connectivity index (χ0n) is 18.2. The number of carbonyl (C=O) groups is 1. The fraction of sp³-hybridized carbons (Fsp3) is 0.708. The number of phenolic OH excluding ortho intramolecular Hbond substituents is 1. The average molecular weight is 406 g/mol. The van der Waals surface area contributed by atoms with Gasteiger partial charge in [0.2, 0.25) is 5.91 Å². The third-order valence-corrected chi connectivity index (χ3v) is 5.85. The van der Waals surface area contributed by atoms with Crippen molar-refractivity contribution < 1.29 is 19.7 Å². The number of amides is 1. The average Bonchev–Trinajstić information content (AvgIpc) is 2.66. The molecule has 1 aromatic rings. The minimum Gasteiger partial charge on any atom is -0.508 e. The molecule has 0 bridgehead atoms. The lowest BCUT2D eigenvalue weighted by Crippen LogP contribution is -2.42. The number of hydrogen-bond donors (Lipinski definition) is 3. The molecule has 2 atom stereocenters. The quantitative estimate of drug-likeness (QED) is 0.384. The summed E-state index contributed by atoms with van der Waals surface area (Å²) in [5, 5.41) is 21.6. The van der Waals surface area contributed by atoms with Crippen LogP contribution in [0, 0.1) is 0 Å². The Hall–Kier alpha value is -1.75. The molecule has 5 nitrogen and oxygen atoms in total. The summed E-state index contributed by atoms with van der Waals surface area (Å²) < 4.78 is 6.30. The van der Waals surface area contributed by atoms with Gasteiger partial charge in [-0.3, -0.25) is 4.79 Å². The summed E-state index contributed by atoms with van der Waals surface area (Å²) in [6.07, 6.45) is 13.8. The third-order valence-electron chi connectivity index (χ3n) is 5.85. The molecule has 2 rings (SSSR count). The molecule has 0 aliphatic carbocycles. The Kier molecular flexibility index (Phi) is 9.79. The maximum absolute atomic E-state index is 11.7. The SMILES string of the molecule is CC(=O)NC1CC(C)(CCCCCCCCCCCCO)Oc2ccc(O)cc21. The summed E-state index contributed by atoms with van der Waals surface area (Å²) in [6, 6.07) is 5.01. The normalized spacial score (nSPS) is 20.7. The van der Waals surface area contributed by atoms with Gasteiger partial charge in [-0.25, -0.2) is 0 Å². The fourth-order valence-electron chi connectivity index (χ4n) is 4.30. The monoisotopic (exact) mass is 405 g/mol. The highest BCUT2D eigenvalue weighted by Gasteiger charge is 2.37. The van der Waals surface area contributed by atoms with Gasteiger partial charge in [-0.2, -0.15) is 0 Å². The van der Waals surface area contributed by atoms with Gasteiger partial charge in [-0.15, -0.1) is 0 Å². The van der Waals surface area contributed by atoms with E-state index in [0.29, 0.717) is 6.61 Å². The molecule has 0 radical (unpaired) electrons. The Morgan fingerprint density at radius 3 is 2.24 bits per heavy atom. The van der Waals surface area contributed by atoms with Gasteiger partial charge in [0.05, 0.1) is 6.04 Å². The molecule has 5 heteroatoms. The van der Waals surface area contributed by atoms with Gasteiger partial charge in [-0.05, 0) is 44.4 Å². The van der Waals surface area contributed by atoms with E-state index in [2.05, 4.69) is 12.2 Å². The molecule has 164 valence electrons. The first-order chi connectivity index (χ1) is 13.9. The fourth-order valence-corrected chi connectivity index (χ4v) is 4.30. The van der Waals surface area contributed by atoms with Gasteiger partial charge in [0, 0.05) is 25.5 Å². The molecular formula is C24H39NO4. The summed E-state index contributed by atoms with van der Waals surface area (Å²) in [5.41, 5.74) is 0.556. The van der Waals surface area contributed by atoms with Gasteiger partial charge < -0.3 is 20.3 Å². The number of benzene rings is 1. The van der Waals surface area contributed by atoms with Crippen molar-refractivity contribution in [2.75, 3.05) is 6.61 Å². The number of aliphatic hydroxyl groups is 1. The van der Waals surface area contributed by atoms with Crippen molar-refractivity contribution in [3.8, 4) is 11.5 Å². The molecule has 0 saturated heterocycles. The number of hydrogen-bond acceptors (Lipinski definition) is 4. The molecule has 3 N–H and O–H groups in total. The number of rotatable bonds is 13. The van der Waals surface area contributed by atoms with Crippen LogP contribution in [-0.2, 0) is 4.79 Å². The van der Waals surface area contributed by atoms with Gasteiger partial charge >= 0.3 is 0 Å². The maximum Gasteiger partial charge on any atom is 0.217 e. The first kappa shape index (κ1) is 23.5. The number of unbranched alkanes of at least 4 members (excludes halogenated alkanes) is 9. The van der Waals surface area contributed by atoms with Crippen LogP contribution in [0.4, 0.5) is 0 Å². The van der Waals surface area contributed by atoms with Crippen LogP contribution in [-0.4, -0.2) is 28.3 Å². The first-order valence-corrected chi connectivity index (χ1v) is 11.3. The van der Waals surface area contributed by atoms with E-state index in [1.54, 1.807) is 18.2 Å². The Bertz CT molecular complexity index is 633. The molecule has 1 amide bonds. The Labute approximate surface area is 175 Å². The van der Waals surface area contributed by atoms with Crippen LogP contribution in [0.2, 0.25) is 0 Å². The minimum absolute atomic E-state index is 0.0649. The van der Waals surface area contributed by atoms with E-state index in [0.717, 1.165) is 43.4 Å². The number of carbonyl (C=O) groups excluding carboxylic acids is 1. The molecular weight excluding hydrogens is 366 g/mol. The lowest BCUT2D eigenvalue weighted by Gasteiger charge is -2.40. The predicted octanol–water partition coefficient (Wildman–Crippen LogP) is 5.39. The molecule has 0 spiro atoms. The number of aromatic hydroxyl groups is 1. The predicted molar refractivity (Wildman–Crippen MR) is 116 cm³/mol. The van der Waals surface area contributed by atoms with Crippen molar-refractivity contribution in [3.63, 3.8) is 0 Å². The highest BCUT2D eigenvalue weighted by atomic mass is 16.5. The van der Waals surface area contributed by atoms with Crippen molar-refractivity contribution in [1.82, 2.24) is 5.32 Å². The van der Waals surface area contributed by atoms with E-state index in [1.807, 2.05) is 0 Å². The highest BCUT2D eigenvalue weighted by molar-refractivity contribution is 5.73. The Morgan fingerprint density at radius 2 is 1.66 bits per heavy atom. The van der Waals surface area contributed by atoms with Crippen LogP contribution in [0.1, 0.15) is 103 Å². The van der Waals surface area contributed by atoms with Crippen molar-refractivity contribution in [3.05, 3.63) is 23.8 Å². The Morgan fingerprint density at radius 1 is 1.07 bits per heavy atom. The second kappa shape index (κ2) is 12.1. The van der Waals surface area contributed by atoms with E-state index < -0.39 is 0 Å². The van der Waals surface area contributed by atoms with Crippen molar-refractivity contribution >= 4 is 5.91 Å². The van der Waals surface area contributed by atoms with Crippen molar-refractivity contribution in [1.29, 1.82) is 0 Å². The number of ether oxygens (including phenoxy) is 1. The summed E-state index contributed by atoms with van der Waals surface area (Å²) in [4.78, 5) is 11.7. The molecule has 29 heavy (non-hydrogen) atoms. The van der Waals surface area contributed by atoms with E-state index in [1.165, 1.54) is 51.9 Å². The Balaban J connectivity index is 1.72. The van der Waals surface area contributed by atoms with Crippen molar-refractivity contribution in [2.45, 2.75) is 103 Å². The summed E-state index contributed by atoms with van der Waals surface area (Å²) in [5.74, 6) is 0.890.